The van der Waals surface area contributed by atoms with Crippen LogP contribution in [0, 0.1) is 5.92 Å². The van der Waals surface area contributed by atoms with Crippen molar-refractivity contribution in [2.24, 2.45) is 5.92 Å². The third kappa shape index (κ3) is 4.90. The number of piperidine rings is 1. The van der Waals surface area contributed by atoms with E-state index in [9.17, 15) is 4.79 Å². The van der Waals surface area contributed by atoms with Crippen LogP contribution in [0.5, 0.6) is 0 Å². The summed E-state index contributed by atoms with van der Waals surface area (Å²) >= 11 is 6.38. The van der Waals surface area contributed by atoms with Gasteiger partial charge >= 0.3 is 0 Å². The molecule has 27 heavy (non-hydrogen) atoms. The van der Waals surface area contributed by atoms with Crippen molar-refractivity contribution in [2.75, 3.05) is 19.6 Å². The highest BCUT2D eigenvalue weighted by molar-refractivity contribution is 6.33. The minimum Gasteiger partial charge on any atom is -0.352 e. The van der Waals surface area contributed by atoms with Crippen molar-refractivity contribution in [3.63, 3.8) is 0 Å². The van der Waals surface area contributed by atoms with Crippen molar-refractivity contribution in [3.8, 4) is 11.3 Å². The average molecular weight is 389 g/mol. The van der Waals surface area contributed by atoms with Crippen LogP contribution in [-0.4, -0.2) is 35.3 Å². The van der Waals surface area contributed by atoms with Crippen molar-refractivity contribution in [2.45, 2.75) is 45.6 Å². The number of rotatable bonds is 5. The number of nitrogens with zero attached hydrogens (tertiary/aromatic N) is 2. The van der Waals surface area contributed by atoms with E-state index >= 15 is 0 Å². The predicted molar refractivity (Wildman–Crippen MR) is 110 cm³/mol. The summed E-state index contributed by atoms with van der Waals surface area (Å²) in [5.74, 6) is 0.545. The smallest absolute Gasteiger partial charge is 0.255 e. The lowest BCUT2D eigenvalue weighted by Gasteiger charge is -2.22. The number of carbonyl (C=O) groups excluding carboxylic acids is 1. The van der Waals surface area contributed by atoms with E-state index in [1.165, 1.54) is 12.8 Å². The number of hydrogen-bond donors (Lipinski definition) is 2. The van der Waals surface area contributed by atoms with Gasteiger partial charge in [0.2, 0.25) is 0 Å². The summed E-state index contributed by atoms with van der Waals surface area (Å²) in [5, 5.41) is 11.8. The molecule has 2 aromatic rings. The average Bonchev–Trinajstić information content (AvgIpc) is 3.08. The molecule has 0 bridgehead atoms. The Kier molecular flexibility index (Phi) is 6.22. The van der Waals surface area contributed by atoms with E-state index in [-0.39, 0.29) is 11.4 Å². The van der Waals surface area contributed by atoms with Gasteiger partial charge < -0.3 is 10.6 Å². The fraction of sp³-hybridized carbons (Fsp3) is 0.524. The highest BCUT2D eigenvalue weighted by Gasteiger charge is 2.24. The first-order chi connectivity index (χ1) is 12.9. The van der Waals surface area contributed by atoms with Gasteiger partial charge in [-0.05, 0) is 65.1 Å². The van der Waals surface area contributed by atoms with E-state index in [0.717, 1.165) is 25.1 Å². The van der Waals surface area contributed by atoms with Gasteiger partial charge in [0.1, 0.15) is 5.69 Å². The second kappa shape index (κ2) is 8.44. The summed E-state index contributed by atoms with van der Waals surface area (Å²) in [6.45, 7) is 9.02. The molecule has 6 heteroatoms. The summed E-state index contributed by atoms with van der Waals surface area (Å²) in [5.41, 5.74) is 1.76. The molecule has 1 aromatic heterocycles. The lowest BCUT2D eigenvalue weighted by atomic mass is 9.96. The second-order valence-corrected chi connectivity index (χ2v) is 8.65. The van der Waals surface area contributed by atoms with Crippen LogP contribution in [0.1, 0.15) is 50.4 Å². The number of benzene rings is 1. The summed E-state index contributed by atoms with van der Waals surface area (Å²) in [6.07, 6.45) is 5.27. The van der Waals surface area contributed by atoms with Crippen molar-refractivity contribution < 1.29 is 4.79 Å². The first-order valence-electron chi connectivity index (χ1n) is 9.70. The summed E-state index contributed by atoms with van der Waals surface area (Å²) in [6, 6.07) is 7.52. The third-order valence-electron chi connectivity index (χ3n) is 5.01. The lowest BCUT2D eigenvalue weighted by Crippen LogP contribution is -2.33. The number of aromatic nitrogens is 2. The summed E-state index contributed by atoms with van der Waals surface area (Å²) < 4.78 is 1.84. The SMILES string of the molecule is CC(C)(C)n1cc(C(=O)NCCC2CCCNC2)c(-c2ccccc2Cl)n1. The van der Waals surface area contributed by atoms with Crippen LogP contribution < -0.4 is 10.6 Å². The van der Waals surface area contributed by atoms with Crippen molar-refractivity contribution >= 4 is 17.5 Å². The molecule has 1 saturated heterocycles. The van der Waals surface area contributed by atoms with E-state index in [1.54, 1.807) is 0 Å². The molecule has 2 heterocycles. The number of halogens is 1. The zero-order valence-corrected chi connectivity index (χ0v) is 17.1. The molecule has 5 nitrogen and oxygen atoms in total. The minimum atomic E-state index is -0.220. The van der Waals surface area contributed by atoms with Gasteiger partial charge in [-0.15, -0.1) is 0 Å². The second-order valence-electron chi connectivity index (χ2n) is 8.24. The van der Waals surface area contributed by atoms with Crippen LogP contribution in [0.2, 0.25) is 5.02 Å². The Labute approximate surface area is 166 Å². The maximum absolute atomic E-state index is 12.9. The van der Waals surface area contributed by atoms with E-state index in [2.05, 4.69) is 31.4 Å². The molecule has 0 spiro atoms. The van der Waals surface area contributed by atoms with Crippen molar-refractivity contribution in [1.29, 1.82) is 0 Å². The Hall–Kier alpha value is -1.85. The maximum Gasteiger partial charge on any atom is 0.255 e. The third-order valence-corrected chi connectivity index (χ3v) is 5.34. The van der Waals surface area contributed by atoms with Crippen LogP contribution in [0.15, 0.2) is 30.5 Å². The monoisotopic (exact) mass is 388 g/mol. The Morgan fingerprint density at radius 3 is 2.81 bits per heavy atom. The molecule has 1 amide bonds. The molecule has 0 saturated carbocycles. The topological polar surface area (TPSA) is 59.0 Å². The molecule has 1 aromatic carbocycles. The van der Waals surface area contributed by atoms with Crippen LogP contribution in [0.3, 0.4) is 0 Å². The number of amides is 1. The van der Waals surface area contributed by atoms with Crippen LogP contribution in [0.25, 0.3) is 11.3 Å². The normalized spacial score (nSPS) is 17.7. The minimum absolute atomic E-state index is 0.0933. The molecule has 2 N–H and O–H groups in total. The van der Waals surface area contributed by atoms with E-state index in [1.807, 2.05) is 35.1 Å². The van der Waals surface area contributed by atoms with Crippen LogP contribution in [-0.2, 0) is 5.54 Å². The van der Waals surface area contributed by atoms with Gasteiger partial charge in [-0.25, -0.2) is 0 Å². The van der Waals surface area contributed by atoms with Gasteiger partial charge in [0.25, 0.3) is 5.91 Å². The van der Waals surface area contributed by atoms with E-state index in [0.29, 0.717) is 28.7 Å². The lowest BCUT2D eigenvalue weighted by molar-refractivity contribution is 0.0951. The Morgan fingerprint density at radius 2 is 2.15 bits per heavy atom. The molecular weight excluding hydrogens is 360 g/mol. The van der Waals surface area contributed by atoms with Gasteiger partial charge in [0, 0.05) is 18.3 Å². The van der Waals surface area contributed by atoms with E-state index in [4.69, 9.17) is 16.7 Å². The van der Waals surface area contributed by atoms with Gasteiger partial charge in [0.05, 0.1) is 16.1 Å². The summed E-state index contributed by atoms with van der Waals surface area (Å²) in [4.78, 5) is 12.9. The zero-order valence-electron chi connectivity index (χ0n) is 16.4. The molecular formula is C21H29ClN4O. The van der Waals surface area contributed by atoms with E-state index < -0.39 is 0 Å². The molecule has 0 radical (unpaired) electrons. The molecule has 3 rings (SSSR count). The molecule has 1 fully saturated rings. The number of nitrogens with one attached hydrogen (secondary N) is 2. The molecule has 0 aliphatic carbocycles. The quantitative estimate of drug-likeness (QED) is 0.811. The fourth-order valence-electron chi connectivity index (χ4n) is 3.39. The first kappa shape index (κ1) is 19.9. The Balaban J connectivity index is 1.79. The van der Waals surface area contributed by atoms with Gasteiger partial charge in [-0.2, -0.15) is 5.10 Å². The number of carbonyl (C=O) groups is 1. The molecule has 146 valence electrons. The largest absolute Gasteiger partial charge is 0.352 e. The fourth-order valence-corrected chi connectivity index (χ4v) is 3.62. The Bertz CT molecular complexity index is 788. The van der Waals surface area contributed by atoms with Gasteiger partial charge in [-0.3, -0.25) is 9.48 Å². The van der Waals surface area contributed by atoms with Gasteiger partial charge in [-0.1, -0.05) is 29.8 Å². The van der Waals surface area contributed by atoms with Crippen LogP contribution >= 0.6 is 11.6 Å². The van der Waals surface area contributed by atoms with Crippen molar-refractivity contribution in [3.05, 3.63) is 41.0 Å². The number of hydrogen-bond acceptors (Lipinski definition) is 3. The molecule has 1 atom stereocenters. The standard InChI is InChI=1S/C21H29ClN4O/c1-21(2,3)26-14-17(19(25-26)16-8-4-5-9-18(16)22)20(27)24-12-10-15-7-6-11-23-13-15/h4-5,8-9,14-15,23H,6-7,10-13H2,1-3H3,(H,24,27). The molecule has 1 unspecified atom stereocenters. The summed E-state index contributed by atoms with van der Waals surface area (Å²) in [7, 11) is 0. The van der Waals surface area contributed by atoms with Gasteiger partial charge in [0.15, 0.2) is 0 Å². The zero-order chi connectivity index (χ0) is 19.4. The highest BCUT2D eigenvalue weighted by atomic mass is 35.5. The van der Waals surface area contributed by atoms with Crippen molar-refractivity contribution in [1.82, 2.24) is 20.4 Å². The molecule has 1 aliphatic rings. The highest BCUT2D eigenvalue weighted by Crippen LogP contribution is 2.30. The first-order valence-corrected chi connectivity index (χ1v) is 10.1. The van der Waals surface area contributed by atoms with Crippen LogP contribution in [0.4, 0.5) is 0 Å². The Morgan fingerprint density at radius 1 is 1.37 bits per heavy atom. The molecule has 1 aliphatic heterocycles. The predicted octanol–water partition coefficient (Wildman–Crippen LogP) is 4.08. The maximum atomic E-state index is 12.9.